The fourth-order valence-corrected chi connectivity index (χ4v) is 4.36. The van der Waals surface area contributed by atoms with Gasteiger partial charge in [0.2, 0.25) is 5.75 Å². The quantitative estimate of drug-likeness (QED) is 0.231. The van der Waals surface area contributed by atoms with Crippen molar-refractivity contribution in [2.24, 2.45) is 0 Å². The van der Waals surface area contributed by atoms with Gasteiger partial charge in [0.1, 0.15) is 16.7 Å². The Labute approximate surface area is 210 Å². The largest absolute Gasteiger partial charge is 0.504 e. The van der Waals surface area contributed by atoms with Gasteiger partial charge in [-0.3, -0.25) is 9.59 Å². The number of carbonyl (C=O) groups is 1. The zero-order valence-electron chi connectivity index (χ0n) is 19.7. The van der Waals surface area contributed by atoms with Crippen molar-refractivity contribution in [3.63, 3.8) is 0 Å². The number of methoxy groups -OCH3 is 1. The van der Waals surface area contributed by atoms with E-state index in [1.807, 2.05) is 6.07 Å². The molecule has 2 heterocycles. The number of aromatic hydroxyl groups is 3. The van der Waals surface area contributed by atoms with Gasteiger partial charge in [-0.1, -0.05) is 42.5 Å². The van der Waals surface area contributed by atoms with Gasteiger partial charge in [-0.2, -0.15) is 5.10 Å². The van der Waals surface area contributed by atoms with Crippen LogP contribution in [0.2, 0.25) is 0 Å². The van der Waals surface area contributed by atoms with Crippen LogP contribution in [-0.2, 0) is 9.53 Å². The smallest absolute Gasteiger partial charge is 0.306 e. The number of ether oxygens (including phenoxy) is 1. The molecule has 0 radical (unpaired) electrons. The van der Waals surface area contributed by atoms with Crippen molar-refractivity contribution in [3.05, 3.63) is 100 Å². The van der Waals surface area contributed by atoms with Gasteiger partial charge in [-0.15, -0.1) is 0 Å². The summed E-state index contributed by atoms with van der Waals surface area (Å²) in [5.74, 6) is -3.70. The summed E-state index contributed by atoms with van der Waals surface area (Å²) in [6, 6.07) is 18.8. The maximum atomic E-state index is 13.1. The van der Waals surface area contributed by atoms with E-state index in [1.54, 1.807) is 71.7 Å². The first kappa shape index (κ1) is 23.7. The molecule has 2 aromatic heterocycles. The molecule has 0 saturated carbocycles. The highest BCUT2D eigenvalue weighted by atomic mass is 16.5. The van der Waals surface area contributed by atoms with Crippen LogP contribution in [0.5, 0.6) is 17.2 Å². The number of hydrogen-bond donors (Lipinski definition) is 3. The number of phenols is 3. The van der Waals surface area contributed by atoms with Crippen LogP contribution in [0.25, 0.3) is 28.0 Å². The molecule has 1 unspecified atom stereocenters. The molecule has 0 fully saturated rings. The fourth-order valence-electron chi connectivity index (χ4n) is 4.36. The number of phenolic OH excluding ortho intramolecular Hbond substituents is 3. The molecule has 0 spiro atoms. The predicted molar refractivity (Wildman–Crippen MR) is 135 cm³/mol. The van der Waals surface area contributed by atoms with Gasteiger partial charge in [-0.05, 0) is 23.8 Å². The normalized spacial score (nSPS) is 11.9. The lowest BCUT2D eigenvalue weighted by molar-refractivity contribution is -0.140. The van der Waals surface area contributed by atoms with Gasteiger partial charge in [0.25, 0.3) is 0 Å². The molecule has 37 heavy (non-hydrogen) atoms. The highest BCUT2D eigenvalue weighted by molar-refractivity contribution is 5.93. The molecule has 0 saturated heterocycles. The predicted octanol–water partition coefficient (Wildman–Crippen LogP) is 4.46. The molecule has 0 amide bonds. The number of benzene rings is 3. The van der Waals surface area contributed by atoms with E-state index in [-0.39, 0.29) is 28.7 Å². The van der Waals surface area contributed by atoms with E-state index in [2.05, 4.69) is 5.10 Å². The van der Waals surface area contributed by atoms with Crippen LogP contribution in [-0.4, -0.2) is 38.2 Å². The monoisotopic (exact) mass is 498 g/mol. The Bertz CT molecular complexity index is 1640. The minimum Gasteiger partial charge on any atom is -0.504 e. The van der Waals surface area contributed by atoms with Crippen LogP contribution < -0.4 is 5.43 Å². The molecule has 0 aliphatic rings. The lowest BCUT2D eigenvalue weighted by atomic mass is 9.86. The molecule has 9 nitrogen and oxygen atoms in total. The Morgan fingerprint density at radius 3 is 2.38 bits per heavy atom. The van der Waals surface area contributed by atoms with E-state index >= 15 is 0 Å². The van der Waals surface area contributed by atoms with Crippen LogP contribution >= 0.6 is 0 Å². The van der Waals surface area contributed by atoms with Crippen molar-refractivity contribution in [2.75, 3.05) is 7.11 Å². The van der Waals surface area contributed by atoms with Gasteiger partial charge in [0.15, 0.2) is 16.9 Å². The van der Waals surface area contributed by atoms with Crippen molar-refractivity contribution in [1.82, 2.24) is 9.78 Å². The molecule has 9 heteroatoms. The van der Waals surface area contributed by atoms with Gasteiger partial charge >= 0.3 is 5.97 Å². The number of esters is 1. The first-order chi connectivity index (χ1) is 17.9. The van der Waals surface area contributed by atoms with Gasteiger partial charge in [0, 0.05) is 35.5 Å². The topological polar surface area (TPSA) is 135 Å². The van der Waals surface area contributed by atoms with Crippen LogP contribution in [0, 0.1) is 0 Å². The number of carbonyl (C=O) groups excluding carboxylic acids is 1. The molecule has 0 aliphatic heterocycles. The molecule has 0 aliphatic carbocycles. The highest BCUT2D eigenvalue weighted by Crippen LogP contribution is 2.49. The summed E-state index contributed by atoms with van der Waals surface area (Å²) in [5.41, 5.74) is 1.11. The van der Waals surface area contributed by atoms with Gasteiger partial charge < -0.3 is 24.5 Å². The standard InChI is InChI=1S/C28H22N2O7/c1-36-22(32)14-19(16-8-10-18(11-9-16)30-13-5-12-29-30)23-25(33)27(35)26(34)24-20(31)15-21(37-28(23)24)17-6-3-2-4-7-17/h2-13,15,19,33-35H,14H2,1H3. The fraction of sp³-hybridized carbons (Fsp3) is 0.107. The third kappa shape index (κ3) is 4.27. The summed E-state index contributed by atoms with van der Waals surface area (Å²) in [6.07, 6.45) is 3.17. The zero-order valence-corrected chi connectivity index (χ0v) is 19.7. The maximum absolute atomic E-state index is 13.1. The maximum Gasteiger partial charge on any atom is 0.306 e. The Morgan fingerprint density at radius 2 is 1.73 bits per heavy atom. The summed E-state index contributed by atoms with van der Waals surface area (Å²) < 4.78 is 12.6. The minimum absolute atomic E-state index is 0.0302. The van der Waals surface area contributed by atoms with E-state index in [0.29, 0.717) is 11.1 Å². The molecular weight excluding hydrogens is 476 g/mol. The summed E-state index contributed by atoms with van der Waals surface area (Å²) >= 11 is 0. The first-order valence-electron chi connectivity index (χ1n) is 11.4. The summed E-state index contributed by atoms with van der Waals surface area (Å²) in [4.78, 5) is 25.6. The Hall–Kier alpha value is -5.05. The molecule has 186 valence electrons. The first-order valence-corrected chi connectivity index (χ1v) is 11.4. The van der Waals surface area contributed by atoms with Crippen molar-refractivity contribution in [3.8, 4) is 34.3 Å². The van der Waals surface area contributed by atoms with Crippen molar-refractivity contribution >= 4 is 16.9 Å². The second kappa shape index (κ2) is 9.54. The average molecular weight is 498 g/mol. The van der Waals surface area contributed by atoms with Crippen LogP contribution in [0.3, 0.4) is 0 Å². The van der Waals surface area contributed by atoms with E-state index < -0.39 is 34.6 Å². The van der Waals surface area contributed by atoms with E-state index in [9.17, 15) is 24.9 Å². The number of nitrogens with zero attached hydrogens (tertiary/aromatic N) is 2. The Balaban J connectivity index is 1.77. The van der Waals surface area contributed by atoms with Crippen molar-refractivity contribution in [2.45, 2.75) is 12.3 Å². The van der Waals surface area contributed by atoms with E-state index in [0.717, 1.165) is 5.69 Å². The van der Waals surface area contributed by atoms with E-state index in [1.165, 1.54) is 13.2 Å². The van der Waals surface area contributed by atoms with Crippen molar-refractivity contribution < 1.29 is 29.3 Å². The highest BCUT2D eigenvalue weighted by Gasteiger charge is 2.31. The van der Waals surface area contributed by atoms with Crippen LogP contribution in [0.15, 0.2) is 88.3 Å². The molecular formula is C28H22N2O7. The second-order valence-corrected chi connectivity index (χ2v) is 8.38. The number of hydrogen-bond acceptors (Lipinski definition) is 8. The third-order valence-corrected chi connectivity index (χ3v) is 6.20. The van der Waals surface area contributed by atoms with Crippen molar-refractivity contribution in [1.29, 1.82) is 0 Å². The Morgan fingerprint density at radius 1 is 1.00 bits per heavy atom. The lowest BCUT2D eigenvalue weighted by Crippen LogP contribution is -2.12. The third-order valence-electron chi connectivity index (χ3n) is 6.20. The van der Waals surface area contributed by atoms with Crippen LogP contribution in [0.4, 0.5) is 0 Å². The molecule has 3 N–H and O–H groups in total. The summed E-state index contributed by atoms with van der Waals surface area (Å²) in [7, 11) is 1.24. The van der Waals surface area contributed by atoms with E-state index in [4.69, 9.17) is 9.15 Å². The molecule has 5 rings (SSSR count). The van der Waals surface area contributed by atoms with Gasteiger partial charge in [-0.25, -0.2) is 4.68 Å². The Kier molecular flexibility index (Phi) is 6.10. The van der Waals surface area contributed by atoms with Gasteiger partial charge in [0.05, 0.1) is 19.2 Å². The number of fused-ring (bicyclic) bond motifs is 1. The molecule has 3 aromatic carbocycles. The summed E-state index contributed by atoms with van der Waals surface area (Å²) in [6.45, 7) is 0. The molecule has 5 aromatic rings. The zero-order chi connectivity index (χ0) is 26.1. The second-order valence-electron chi connectivity index (χ2n) is 8.38. The average Bonchev–Trinajstić information content (AvgIpc) is 3.46. The lowest BCUT2D eigenvalue weighted by Gasteiger charge is -2.21. The SMILES string of the molecule is COC(=O)CC(c1ccc(-n2cccn2)cc1)c1c(O)c(O)c(O)c2c(=O)cc(-c3ccccc3)oc12. The minimum atomic E-state index is -0.901. The molecule has 1 atom stereocenters. The summed E-state index contributed by atoms with van der Waals surface area (Å²) in [5, 5.41) is 36.0. The molecule has 0 bridgehead atoms. The number of rotatable bonds is 6. The number of aromatic nitrogens is 2. The van der Waals surface area contributed by atoms with Crippen LogP contribution in [0.1, 0.15) is 23.5 Å².